The highest BCUT2D eigenvalue weighted by molar-refractivity contribution is 5.96. The molecule has 2 nitrogen and oxygen atoms in total. The third-order valence-electron chi connectivity index (χ3n) is 1.82. The van der Waals surface area contributed by atoms with Gasteiger partial charge in [-0.25, -0.2) is 8.78 Å². The molecule has 18 heavy (non-hydrogen) atoms. The first-order chi connectivity index (χ1) is 8.05. The van der Waals surface area contributed by atoms with Crippen molar-refractivity contribution in [1.82, 2.24) is 0 Å². The standard InChI is InChI=1S/C9H4F7NO/c10-4-1-2-6(5(11)3-4)17-7(18)8(12,13)9(14,15)16/h1-3H,(H,17,18). The highest BCUT2D eigenvalue weighted by Crippen LogP contribution is 2.36. The molecule has 0 aromatic heterocycles. The molecule has 0 spiro atoms. The summed E-state index contributed by atoms with van der Waals surface area (Å²) in [5, 5.41) is 1.03. The minimum atomic E-state index is -6.10. The minimum absolute atomic E-state index is 0.224. The number of amides is 1. The molecule has 0 aliphatic rings. The molecule has 100 valence electrons. The summed E-state index contributed by atoms with van der Waals surface area (Å²) in [7, 11) is 0. The van der Waals surface area contributed by atoms with Gasteiger partial charge in [0.2, 0.25) is 0 Å². The van der Waals surface area contributed by atoms with Crippen LogP contribution in [0.1, 0.15) is 0 Å². The van der Waals surface area contributed by atoms with E-state index in [-0.39, 0.29) is 6.07 Å². The van der Waals surface area contributed by atoms with Crippen LogP contribution in [0, 0.1) is 11.6 Å². The van der Waals surface area contributed by atoms with E-state index < -0.39 is 35.3 Å². The Morgan fingerprint density at radius 3 is 2.06 bits per heavy atom. The topological polar surface area (TPSA) is 29.1 Å². The van der Waals surface area contributed by atoms with Crippen molar-refractivity contribution in [2.24, 2.45) is 0 Å². The molecule has 1 N–H and O–H groups in total. The SMILES string of the molecule is O=C(Nc1ccc(F)cc1F)C(F)(F)C(F)(F)F. The Bertz CT molecular complexity index is 468. The van der Waals surface area contributed by atoms with Crippen LogP contribution in [0.5, 0.6) is 0 Å². The Morgan fingerprint density at radius 1 is 1.06 bits per heavy atom. The van der Waals surface area contributed by atoms with Gasteiger partial charge in [-0.15, -0.1) is 0 Å². The Labute approximate surface area is 95.4 Å². The lowest BCUT2D eigenvalue weighted by Crippen LogP contribution is -2.47. The Hall–Kier alpha value is -1.80. The zero-order valence-corrected chi connectivity index (χ0v) is 8.29. The van der Waals surface area contributed by atoms with Gasteiger partial charge in [0.25, 0.3) is 0 Å². The smallest absolute Gasteiger partial charge is 0.318 e. The molecule has 0 saturated heterocycles. The quantitative estimate of drug-likeness (QED) is 0.825. The summed E-state index contributed by atoms with van der Waals surface area (Å²) < 4.78 is 85.7. The van der Waals surface area contributed by atoms with Crippen molar-refractivity contribution in [1.29, 1.82) is 0 Å². The number of nitrogens with one attached hydrogen (secondary N) is 1. The third-order valence-corrected chi connectivity index (χ3v) is 1.82. The van der Waals surface area contributed by atoms with E-state index in [2.05, 4.69) is 0 Å². The summed E-state index contributed by atoms with van der Waals surface area (Å²) in [6, 6.07) is 1.33. The number of hydrogen-bond acceptors (Lipinski definition) is 1. The molecule has 0 fully saturated rings. The van der Waals surface area contributed by atoms with E-state index >= 15 is 0 Å². The van der Waals surface area contributed by atoms with E-state index in [0.717, 1.165) is 5.32 Å². The fourth-order valence-electron chi connectivity index (χ4n) is 0.920. The first-order valence-corrected chi connectivity index (χ1v) is 4.27. The molecular weight excluding hydrogens is 271 g/mol. The number of carbonyl (C=O) groups is 1. The van der Waals surface area contributed by atoms with Gasteiger partial charge >= 0.3 is 18.0 Å². The highest BCUT2D eigenvalue weighted by Gasteiger charge is 2.63. The number of benzene rings is 1. The predicted molar refractivity (Wildman–Crippen MR) is 46.0 cm³/mol. The molecule has 0 unspecified atom stereocenters. The van der Waals surface area contributed by atoms with Gasteiger partial charge in [-0.3, -0.25) is 4.79 Å². The molecule has 9 heteroatoms. The largest absolute Gasteiger partial charge is 0.463 e. The van der Waals surface area contributed by atoms with E-state index in [1.165, 1.54) is 0 Å². The Morgan fingerprint density at radius 2 is 1.61 bits per heavy atom. The van der Waals surface area contributed by atoms with Gasteiger partial charge < -0.3 is 5.32 Å². The van der Waals surface area contributed by atoms with Crippen molar-refractivity contribution in [2.45, 2.75) is 12.1 Å². The number of carbonyl (C=O) groups excluding carboxylic acids is 1. The number of anilines is 1. The van der Waals surface area contributed by atoms with Gasteiger partial charge in [-0.2, -0.15) is 22.0 Å². The van der Waals surface area contributed by atoms with Crippen LogP contribution >= 0.6 is 0 Å². The fraction of sp³-hybridized carbons (Fsp3) is 0.222. The molecule has 0 heterocycles. The van der Waals surface area contributed by atoms with Crippen LogP contribution in [0.4, 0.5) is 36.4 Å². The van der Waals surface area contributed by atoms with Gasteiger partial charge in [-0.1, -0.05) is 0 Å². The van der Waals surface area contributed by atoms with E-state index in [0.29, 0.717) is 12.1 Å². The second-order valence-electron chi connectivity index (χ2n) is 3.15. The lowest BCUT2D eigenvalue weighted by molar-refractivity contribution is -0.267. The summed E-state index contributed by atoms with van der Waals surface area (Å²) in [5.41, 5.74) is -0.981. The second-order valence-corrected chi connectivity index (χ2v) is 3.15. The monoisotopic (exact) mass is 275 g/mol. The van der Waals surface area contributed by atoms with Crippen molar-refractivity contribution >= 4 is 11.6 Å². The molecule has 1 aromatic carbocycles. The van der Waals surface area contributed by atoms with Gasteiger partial charge in [0.15, 0.2) is 0 Å². The van der Waals surface area contributed by atoms with Gasteiger partial charge in [-0.05, 0) is 12.1 Å². The average Bonchev–Trinajstić information content (AvgIpc) is 2.20. The number of hydrogen-bond donors (Lipinski definition) is 1. The molecule has 0 aliphatic carbocycles. The van der Waals surface area contributed by atoms with Crippen LogP contribution in [0.25, 0.3) is 0 Å². The number of halogens is 7. The van der Waals surface area contributed by atoms with Gasteiger partial charge in [0.1, 0.15) is 11.6 Å². The van der Waals surface area contributed by atoms with Gasteiger partial charge in [0, 0.05) is 6.07 Å². The molecule has 1 aromatic rings. The molecule has 0 aliphatic heterocycles. The van der Waals surface area contributed by atoms with Crippen LogP contribution in [-0.2, 0) is 4.79 Å². The first kappa shape index (κ1) is 14.3. The van der Waals surface area contributed by atoms with E-state index in [1.807, 2.05) is 0 Å². The van der Waals surface area contributed by atoms with Crippen molar-refractivity contribution in [3.8, 4) is 0 Å². The number of alkyl halides is 5. The molecule has 0 saturated carbocycles. The highest BCUT2D eigenvalue weighted by atomic mass is 19.4. The Balaban J connectivity index is 2.95. The van der Waals surface area contributed by atoms with Crippen LogP contribution in [-0.4, -0.2) is 18.0 Å². The van der Waals surface area contributed by atoms with Crippen molar-refractivity contribution in [3.63, 3.8) is 0 Å². The zero-order valence-electron chi connectivity index (χ0n) is 8.29. The maximum atomic E-state index is 12.9. The average molecular weight is 275 g/mol. The van der Waals surface area contributed by atoms with Crippen molar-refractivity contribution in [2.75, 3.05) is 5.32 Å². The molecule has 0 bridgehead atoms. The predicted octanol–water partition coefficient (Wildman–Crippen LogP) is 3.10. The fourth-order valence-corrected chi connectivity index (χ4v) is 0.920. The van der Waals surface area contributed by atoms with Crippen LogP contribution in [0.2, 0.25) is 0 Å². The molecular formula is C9H4F7NO. The summed E-state index contributed by atoms with van der Waals surface area (Å²) >= 11 is 0. The normalized spacial score (nSPS) is 12.4. The van der Waals surface area contributed by atoms with E-state index in [1.54, 1.807) is 0 Å². The molecule has 1 rings (SSSR count). The maximum Gasteiger partial charge on any atom is 0.463 e. The van der Waals surface area contributed by atoms with E-state index in [4.69, 9.17) is 0 Å². The molecule has 0 radical (unpaired) electrons. The zero-order chi connectivity index (χ0) is 14.1. The number of rotatable bonds is 2. The summed E-state index contributed by atoms with van der Waals surface area (Å²) in [5.74, 6) is -11.0. The van der Waals surface area contributed by atoms with Crippen molar-refractivity contribution < 1.29 is 35.5 Å². The van der Waals surface area contributed by atoms with Crippen molar-refractivity contribution in [3.05, 3.63) is 29.8 Å². The lowest BCUT2D eigenvalue weighted by Gasteiger charge is -2.18. The lowest BCUT2D eigenvalue weighted by atomic mass is 10.2. The second kappa shape index (κ2) is 4.46. The van der Waals surface area contributed by atoms with Crippen LogP contribution < -0.4 is 5.32 Å². The third kappa shape index (κ3) is 2.71. The maximum absolute atomic E-state index is 12.9. The summed E-state index contributed by atoms with van der Waals surface area (Å²) in [6.07, 6.45) is -6.10. The molecule has 0 atom stereocenters. The van der Waals surface area contributed by atoms with Gasteiger partial charge in [0.05, 0.1) is 5.69 Å². The van der Waals surface area contributed by atoms with E-state index in [9.17, 15) is 35.5 Å². The summed E-state index contributed by atoms with van der Waals surface area (Å²) in [6.45, 7) is 0. The summed E-state index contributed by atoms with van der Waals surface area (Å²) in [4.78, 5) is 10.7. The van der Waals surface area contributed by atoms with Crippen LogP contribution in [0.3, 0.4) is 0 Å². The Kier molecular flexibility index (Phi) is 3.54. The minimum Gasteiger partial charge on any atom is -0.318 e. The van der Waals surface area contributed by atoms with Crippen LogP contribution in [0.15, 0.2) is 18.2 Å². The molecule has 1 amide bonds. The first-order valence-electron chi connectivity index (χ1n) is 4.27.